The maximum Gasteiger partial charge on any atom is 0.241 e. The number of fused-ring (bicyclic) bond motifs is 4. The molecule has 2 heterocycles. The molecule has 5 heteroatoms. The van der Waals surface area contributed by atoms with Gasteiger partial charge in [0.05, 0.1) is 6.21 Å². The summed E-state index contributed by atoms with van der Waals surface area (Å²) >= 11 is 0. The van der Waals surface area contributed by atoms with E-state index in [0.29, 0.717) is 13.0 Å². The first-order valence-corrected chi connectivity index (χ1v) is 10.3. The van der Waals surface area contributed by atoms with Crippen molar-refractivity contribution in [1.82, 2.24) is 15.0 Å². The summed E-state index contributed by atoms with van der Waals surface area (Å²) < 4.78 is 2.34. The molecule has 4 aromatic rings. The first-order chi connectivity index (χ1) is 14.3. The Labute approximate surface area is 169 Å². The summed E-state index contributed by atoms with van der Waals surface area (Å²) in [5.41, 5.74) is 8.83. The molecular formula is C24H24N4O. The van der Waals surface area contributed by atoms with Crippen molar-refractivity contribution in [3.05, 3.63) is 71.5 Å². The summed E-state index contributed by atoms with van der Waals surface area (Å²) in [6.07, 6.45) is 8.74. The fourth-order valence-corrected chi connectivity index (χ4v) is 4.49. The van der Waals surface area contributed by atoms with E-state index in [4.69, 9.17) is 0 Å². The van der Waals surface area contributed by atoms with Gasteiger partial charge in [-0.2, -0.15) is 5.10 Å². The van der Waals surface area contributed by atoms with Crippen LogP contribution in [-0.4, -0.2) is 21.7 Å². The number of aromatic amines is 1. The van der Waals surface area contributed by atoms with Gasteiger partial charge in [0.2, 0.25) is 5.91 Å². The molecule has 2 N–H and O–H groups in total. The predicted molar refractivity (Wildman–Crippen MR) is 117 cm³/mol. The smallest absolute Gasteiger partial charge is 0.241 e. The lowest BCUT2D eigenvalue weighted by molar-refractivity contribution is -0.121. The van der Waals surface area contributed by atoms with Crippen molar-refractivity contribution in [3.8, 4) is 0 Å². The lowest BCUT2D eigenvalue weighted by atomic mass is 9.95. The van der Waals surface area contributed by atoms with Crippen LogP contribution < -0.4 is 5.43 Å². The van der Waals surface area contributed by atoms with Crippen LogP contribution in [-0.2, 0) is 24.2 Å². The molecule has 5 rings (SSSR count). The monoisotopic (exact) mass is 384 g/mol. The second kappa shape index (κ2) is 7.59. The number of para-hydroxylation sites is 2. The average molecular weight is 384 g/mol. The number of benzene rings is 2. The van der Waals surface area contributed by atoms with Crippen LogP contribution in [0.4, 0.5) is 0 Å². The van der Waals surface area contributed by atoms with Crippen molar-refractivity contribution in [2.24, 2.45) is 5.10 Å². The topological polar surface area (TPSA) is 62.2 Å². The quantitative estimate of drug-likeness (QED) is 0.385. The number of hydrazone groups is 1. The van der Waals surface area contributed by atoms with Crippen LogP contribution in [0, 0.1) is 0 Å². The van der Waals surface area contributed by atoms with Gasteiger partial charge >= 0.3 is 0 Å². The number of rotatable bonds is 5. The first-order valence-electron chi connectivity index (χ1n) is 10.3. The number of carbonyl (C=O) groups excluding carboxylic acids is 1. The molecule has 0 aliphatic heterocycles. The molecule has 29 heavy (non-hydrogen) atoms. The van der Waals surface area contributed by atoms with E-state index in [0.717, 1.165) is 29.3 Å². The van der Waals surface area contributed by atoms with E-state index in [-0.39, 0.29) is 5.91 Å². The number of aryl methyl sites for hydroxylation is 2. The molecule has 0 fully saturated rings. The SMILES string of the molecule is O=C(CCn1c2c(c3ccccc31)CCCC2)N/N=C\c1c[nH]c2ccccc12. The molecule has 1 aliphatic carbocycles. The Hall–Kier alpha value is -3.34. The second-order valence-corrected chi connectivity index (χ2v) is 7.63. The van der Waals surface area contributed by atoms with Gasteiger partial charge in [0, 0.05) is 52.2 Å². The number of H-pyrrole nitrogens is 1. The van der Waals surface area contributed by atoms with E-state index in [1.807, 2.05) is 30.5 Å². The van der Waals surface area contributed by atoms with Gasteiger partial charge in [0.1, 0.15) is 0 Å². The Kier molecular flexibility index (Phi) is 4.64. The zero-order valence-corrected chi connectivity index (χ0v) is 16.3. The fourth-order valence-electron chi connectivity index (χ4n) is 4.49. The van der Waals surface area contributed by atoms with E-state index in [1.54, 1.807) is 6.21 Å². The number of nitrogens with one attached hydrogen (secondary N) is 2. The van der Waals surface area contributed by atoms with Crippen LogP contribution in [0.2, 0.25) is 0 Å². The highest BCUT2D eigenvalue weighted by atomic mass is 16.2. The number of hydrogen-bond acceptors (Lipinski definition) is 2. The third-order valence-corrected chi connectivity index (χ3v) is 5.86. The highest BCUT2D eigenvalue weighted by Crippen LogP contribution is 2.32. The third-order valence-electron chi connectivity index (χ3n) is 5.86. The average Bonchev–Trinajstić information content (AvgIpc) is 3.32. The summed E-state index contributed by atoms with van der Waals surface area (Å²) in [5, 5.41) is 6.60. The molecule has 5 nitrogen and oxygen atoms in total. The van der Waals surface area contributed by atoms with Crippen LogP contribution >= 0.6 is 0 Å². The molecule has 2 aromatic carbocycles. The molecule has 0 unspecified atom stereocenters. The van der Waals surface area contributed by atoms with E-state index in [9.17, 15) is 4.79 Å². The third kappa shape index (κ3) is 3.33. The summed E-state index contributed by atoms with van der Waals surface area (Å²) in [7, 11) is 0. The Morgan fingerprint density at radius 3 is 2.79 bits per heavy atom. The van der Waals surface area contributed by atoms with E-state index >= 15 is 0 Å². The van der Waals surface area contributed by atoms with Crippen LogP contribution in [0.25, 0.3) is 21.8 Å². The van der Waals surface area contributed by atoms with Crippen molar-refractivity contribution in [2.75, 3.05) is 0 Å². The standard InChI is InChI=1S/C24H24N4O/c29-24(27-26-16-17-15-25-21-10-4-1-7-18(17)21)13-14-28-22-11-5-2-8-19(22)20-9-3-6-12-23(20)28/h1-2,4-5,7-8,10-11,15-16,25H,3,6,9,12-14H2,(H,27,29)/b26-16-. The summed E-state index contributed by atoms with van der Waals surface area (Å²) in [6, 6.07) is 16.6. The van der Waals surface area contributed by atoms with Crippen molar-refractivity contribution < 1.29 is 4.79 Å². The van der Waals surface area contributed by atoms with Crippen molar-refractivity contribution >= 4 is 33.9 Å². The predicted octanol–water partition coefficient (Wildman–Crippen LogP) is 4.54. The second-order valence-electron chi connectivity index (χ2n) is 7.63. The lowest BCUT2D eigenvalue weighted by Crippen LogP contribution is -2.20. The van der Waals surface area contributed by atoms with E-state index in [1.165, 1.54) is 35.0 Å². The number of aromatic nitrogens is 2. The van der Waals surface area contributed by atoms with Crippen LogP contribution in [0.3, 0.4) is 0 Å². The van der Waals surface area contributed by atoms with Gasteiger partial charge in [0.15, 0.2) is 0 Å². The molecule has 1 aliphatic rings. The number of carbonyl (C=O) groups is 1. The van der Waals surface area contributed by atoms with Gasteiger partial charge in [0.25, 0.3) is 0 Å². The number of hydrogen-bond donors (Lipinski definition) is 2. The molecular weight excluding hydrogens is 360 g/mol. The maximum atomic E-state index is 12.4. The molecule has 0 spiro atoms. The van der Waals surface area contributed by atoms with Crippen molar-refractivity contribution in [3.63, 3.8) is 0 Å². The van der Waals surface area contributed by atoms with Gasteiger partial charge in [-0.05, 0) is 43.4 Å². The first kappa shape index (κ1) is 17.7. The molecule has 0 saturated carbocycles. The molecule has 0 radical (unpaired) electrons. The minimum atomic E-state index is -0.0663. The minimum Gasteiger partial charge on any atom is -0.361 e. The molecule has 146 valence electrons. The van der Waals surface area contributed by atoms with Crippen molar-refractivity contribution in [1.29, 1.82) is 0 Å². The van der Waals surface area contributed by atoms with Crippen LogP contribution in [0.15, 0.2) is 59.8 Å². The maximum absolute atomic E-state index is 12.4. The lowest BCUT2D eigenvalue weighted by Gasteiger charge is -2.15. The number of amides is 1. The molecule has 1 amide bonds. The Balaban J connectivity index is 1.28. The number of nitrogens with zero attached hydrogens (tertiary/aromatic N) is 2. The van der Waals surface area contributed by atoms with E-state index < -0.39 is 0 Å². The zero-order chi connectivity index (χ0) is 19.6. The highest BCUT2D eigenvalue weighted by Gasteiger charge is 2.19. The van der Waals surface area contributed by atoms with Gasteiger partial charge in [-0.3, -0.25) is 4.79 Å². The Bertz CT molecular complexity index is 1210. The zero-order valence-electron chi connectivity index (χ0n) is 16.3. The Morgan fingerprint density at radius 2 is 1.86 bits per heavy atom. The normalized spacial score (nSPS) is 13.9. The largest absolute Gasteiger partial charge is 0.361 e. The van der Waals surface area contributed by atoms with Crippen LogP contribution in [0.1, 0.15) is 36.1 Å². The summed E-state index contributed by atoms with van der Waals surface area (Å²) in [4.78, 5) is 15.6. The van der Waals surface area contributed by atoms with E-state index in [2.05, 4.69) is 44.3 Å². The van der Waals surface area contributed by atoms with Gasteiger partial charge in [-0.1, -0.05) is 36.4 Å². The van der Waals surface area contributed by atoms with Gasteiger partial charge in [-0.15, -0.1) is 0 Å². The van der Waals surface area contributed by atoms with Gasteiger partial charge in [-0.25, -0.2) is 5.43 Å². The van der Waals surface area contributed by atoms with Gasteiger partial charge < -0.3 is 9.55 Å². The fraction of sp³-hybridized carbons (Fsp3) is 0.250. The highest BCUT2D eigenvalue weighted by molar-refractivity contribution is 5.99. The molecule has 0 atom stereocenters. The van der Waals surface area contributed by atoms with Crippen molar-refractivity contribution in [2.45, 2.75) is 38.6 Å². The Morgan fingerprint density at radius 1 is 1.07 bits per heavy atom. The van der Waals surface area contributed by atoms with Crippen LogP contribution in [0.5, 0.6) is 0 Å². The minimum absolute atomic E-state index is 0.0663. The molecule has 2 aromatic heterocycles. The molecule has 0 saturated heterocycles. The summed E-state index contributed by atoms with van der Waals surface area (Å²) in [5.74, 6) is -0.0663. The molecule has 0 bridgehead atoms. The summed E-state index contributed by atoms with van der Waals surface area (Å²) in [6.45, 7) is 0.685.